The van der Waals surface area contributed by atoms with E-state index in [0.717, 1.165) is 34.5 Å². The van der Waals surface area contributed by atoms with Crippen molar-refractivity contribution in [2.45, 2.75) is 38.8 Å². The number of halogens is 1. The number of rotatable bonds is 5. The maximum absolute atomic E-state index is 11.9. The summed E-state index contributed by atoms with van der Waals surface area (Å²) in [6.45, 7) is 7.10. The van der Waals surface area contributed by atoms with Crippen LogP contribution in [-0.2, 0) is 0 Å². The van der Waals surface area contributed by atoms with Crippen molar-refractivity contribution in [3.8, 4) is 22.8 Å². The van der Waals surface area contributed by atoms with Gasteiger partial charge >= 0.3 is 6.09 Å². The zero-order chi connectivity index (χ0) is 23.9. The van der Waals surface area contributed by atoms with Crippen molar-refractivity contribution < 1.29 is 19.4 Å². The van der Waals surface area contributed by atoms with E-state index in [4.69, 9.17) is 19.4 Å². The fourth-order valence-electron chi connectivity index (χ4n) is 4.38. The van der Waals surface area contributed by atoms with Crippen molar-refractivity contribution >= 4 is 33.6 Å². The number of methoxy groups -OCH3 is 2. The molecule has 1 fully saturated rings. The molecule has 176 valence electrons. The van der Waals surface area contributed by atoms with Gasteiger partial charge in [0, 0.05) is 42.7 Å². The van der Waals surface area contributed by atoms with Gasteiger partial charge in [-0.15, -0.1) is 0 Å². The van der Waals surface area contributed by atoms with Gasteiger partial charge in [0.25, 0.3) is 0 Å². The number of fused-ring (bicyclic) bond motifs is 1. The highest BCUT2D eigenvalue weighted by Gasteiger charge is 2.37. The number of anilines is 1. The topological polar surface area (TPSA) is 92.4 Å². The van der Waals surface area contributed by atoms with Gasteiger partial charge in [-0.1, -0.05) is 0 Å². The first-order chi connectivity index (χ1) is 15.6. The van der Waals surface area contributed by atoms with Gasteiger partial charge in [-0.05, 0) is 55.3 Å². The van der Waals surface area contributed by atoms with Crippen LogP contribution in [0.4, 0.5) is 10.6 Å². The van der Waals surface area contributed by atoms with Crippen molar-refractivity contribution in [1.82, 2.24) is 19.3 Å². The number of imidazole rings is 1. The molecule has 1 unspecified atom stereocenters. The molecule has 0 spiro atoms. The minimum absolute atomic E-state index is 0.0863. The Bertz CT molecular complexity index is 1190. The van der Waals surface area contributed by atoms with Crippen LogP contribution in [-0.4, -0.2) is 69.4 Å². The van der Waals surface area contributed by atoms with Gasteiger partial charge < -0.3 is 19.5 Å². The lowest BCUT2D eigenvalue weighted by Crippen LogP contribution is -2.52. The number of ether oxygens (including phenoxy) is 2. The fourth-order valence-corrected chi connectivity index (χ4v) is 4.89. The predicted molar refractivity (Wildman–Crippen MR) is 129 cm³/mol. The lowest BCUT2D eigenvalue weighted by Gasteiger charge is -2.37. The molecule has 1 aliphatic rings. The van der Waals surface area contributed by atoms with E-state index in [1.807, 2.05) is 55.8 Å². The van der Waals surface area contributed by atoms with Crippen molar-refractivity contribution in [3.63, 3.8) is 0 Å². The first-order valence-corrected chi connectivity index (χ1v) is 11.5. The summed E-state index contributed by atoms with van der Waals surface area (Å²) in [6, 6.07) is 5.58. The molecule has 3 aromatic rings. The molecule has 1 N–H and O–H groups in total. The van der Waals surface area contributed by atoms with Crippen LogP contribution in [0.25, 0.3) is 17.0 Å². The van der Waals surface area contributed by atoms with Crippen LogP contribution in [0.15, 0.2) is 35.1 Å². The summed E-state index contributed by atoms with van der Waals surface area (Å²) in [5, 5.41) is 9.73. The molecular weight excluding hydrogens is 490 g/mol. The molecule has 1 aliphatic heterocycles. The Morgan fingerprint density at radius 2 is 1.94 bits per heavy atom. The van der Waals surface area contributed by atoms with Crippen LogP contribution in [0.2, 0.25) is 0 Å². The van der Waals surface area contributed by atoms with E-state index in [1.165, 1.54) is 0 Å². The van der Waals surface area contributed by atoms with Crippen LogP contribution in [0.5, 0.6) is 11.5 Å². The zero-order valence-electron chi connectivity index (χ0n) is 19.4. The highest BCUT2D eigenvalue weighted by Crippen LogP contribution is 2.38. The SMILES string of the molecule is COc1cc(OC)c(-c2cn3ccc(N4CCC(N(C(=O)O)C(C)(C)C)C4)nc3n2)cc1Br. The molecule has 3 heterocycles. The third kappa shape index (κ3) is 4.44. The third-order valence-corrected chi connectivity index (χ3v) is 6.46. The number of carbonyl (C=O) groups is 1. The molecule has 2 aromatic heterocycles. The second-order valence-corrected chi connectivity index (χ2v) is 9.87. The average molecular weight is 518 g/mol. The Morgan fingerprint density at radius 3 is 2.58 bits per heavy atom. The minimum Gasteiger partial charge on any atom is -0.496 e. The standard InChI is InChI=1S/C23H28BrN5O4/c1-23(2,3)29(22(30)31)14-6-8-27(12-14)20-7-9-28-13-17(25-21(28)26-20)15-10-16(24)19(33-5)11-18(15)32-4/h7,9-11,13-14H,6,8,12H2,1-5H3,(H,30,31). The Morgan fingerprint density at radius 1 is 1.21 bits per heavy atom. The zero-order valence-corrected chi connectivity index (χ0v) is 21.0. The number of amides is 1. The van der Waals surface area contributed by atoms with Crippen LogP contribution in [0, 0.1) is 0 Å². The van der Waals surface area contributed by atoms with Crippen molar-refractivity contribution in [3.05, 3.63) is 35.1 Å². The largest absolute Gasteiger partial charge is 0.496 e. The number of nitrogens with zero attached hydrogens (tertiary/aromatic N) is 5. The Balaban J connectivity index is 1.62. The molecule has 1 saturated heterocycles. The molecule has 1 aromatic carbocycles. The Hall–Kier alpha value is -3.01. The molecule has 10 heteroatoms. The summed E-state index contributed by atoms with van der Waals surface area (Å²) < 4.78 is 13.6. The molecule has 0 radical (unpaired) electrons. The van der Waals surface area contributed by atoms with Crippen LogP contribution >= 0.6 is 15.9 Å². The predicted octanol–water partition coefficient (Wildman–Crippen LogP) is 4.53. The second kappa shape index (κ2) is 8.74. The van der Waals surface area contributed by atoms with Crippen molar-refractivity contribution in [1.29, 1.82) is 0 Å². The van der Waals surface area contributed by atoms with E-state index in [9.17, 15) is 9.90 Å². The molecule has 33 heavy (non-hydrogen) atoms. The fraction of sp³-hybridized carbons (Fsp3) is 0.435. The van der Waals surface area contributed by atoms with Gasteiger partial charge in [0.1, 0.15) is 17.3 Å². The summed E-state index contributed by atoms with van der Waals surface area (Å²) in [7, 11) is 3.22. The number of aromatic nitrogens is 3. The van der Waals surface area contributed by atoms with Gasteiger partial charge in [0.2, 0.25) is 5.78 Å². The van der Waals surface area contributed by atoms with Crippen LogP contribution < -0.4 is 14.4 Å². The number of hydrogen-bond acceptors (Lipinski definition) is 6. The second-order valence-electron chi connectivity index (χ2n) is 9.02. The maximum Gasteiger partial charge on any atom is 0.408 e. The van der Waals surface area contributed by atoms with E-state index >= 15 is 0 Å². The average Bonchev–Trinajstić information content (AvgIpc) is 3.38. The summed E-state index contributed by atoms with van der Waals surface area (Å²) in [5.41, 5.74) is 1.08. The summed E-state index contributed by atoms with van der Waals surface area (Å²) >= 11 is 3.53. The molecule has 0 aliphatic carbocycles. The van der Waals surface area contributed by atoms with E-state index in [0.29, 0.717) is 23.8 Å². The summed E-state index contributed by atoms with van der Waals surface area (Å²) in [6.07, 6.45) is 3.69. The molecule has 1 atom stereocenters. The highest BCUT2D eigenvalue weighted by molar-refractivity contribution is 9.10. The van der Waals surface area contributed by atoms with Crippen LogP contribution in [0.3, 0.4) is 0 Å². The minimum atomic E-state index is -0.893. The molecule has 0 saturated carbocycles. The number of carboxylic acid groups (broad SMARTS) is 1. The third-order valence-electron chi connectivity index (χ3n) is 5.84. The lowest BCUT2D eigenvalue weighted by molar-refractivity contribution is 0.0763. The first kappa shape index (κ1) is 23.2. The molecule has 1 amide bonds. The van der Waals surface area contributed by atoms with Crippen molar-refractivity contribution in [2.24, 2.45) is 0 Å². The van der Waals surface area contributed by atoms with Crippen LogP contribution in [0.1, 0.15) is 27.2 Å². The van der Waals surface area contributed by atoms with Gasteiger partial charge in [-0.25, -0.2) is 9.78 Å². The van der Waals surface area contributed by atoms with Gasteiger partial charge in [-0.3, -0.25) is 9.30 Å². The van der Waals surface area contributed by atoms with Gasteiger partial charge in [-0.2, -0.15) is 4.98 Å². The number of hydrogen-bond donors (Lipinski definition) is 1. The van der Waals surface area contributed by atoms with E-state index in [1.54, 1.807) is 19.1 Å². The normalized spacial score (nSPS) is 16.3. The summed E-state index contributed by atoms with van der Waals surface area (Å²) in [4.78, 5) is 25.0. The molecule has 9 nitrogen and oxygen atoms in total. The van der Waals surface area contributed by atoms with E-state index in [2.05, 4.69) is 20.8 Å². The Kier molecular flexibility index (Phi) is 6.13. The molecule has 4 rings (SSSR count). The number of benzene rings is 1. The Labute approximate surface area is 201 Å². The van der Waals surface area contributed by atoms with E-state index < -0.39 is 11.6 Å². The first-order valence-electron chi connectivity index (χ1n) is 10.7. The van der Waals surface area contributed by atoms with Gasteiger partial charge in [0.15, 0.2) is 0 Å². The monoisotopic (exact) mass is 517 g/mol. The van der Waals surface area contributed by atoms with Crippen molar-refractivity contribution in [2.75, 3.05) is 32.2 Å². The highest BCUT2D eigenvalue weighted by atomic mass is 79.9. The quantitative estimate of drug-likeness (QED) is 0.531. The summed E-state index contributed by atoms with van der Waals surface area (Å²) in [5.74, 6) is 2.67. The molecular formula is C23H28BrN5O4. The van der Waals surface area contributed by atoms with E-state index in [-0.39, 0.29) is 6.04 Å². The molecule has 0 bridgehead atoms. The maximum atomic E-state index is 11.9. The smallest absolute Gasteiger partial charge is 0.408 e. The van der Waals surface area contributed by atoms with Gasteiger partial charge in [0.05, 0.1) is 30.4 Å². The lowest BCUT2D eigenvalue weighted by atomic mass is 10.0.